The van der Waals surface area contributed by atoms with E-state index in [1.807, 2.05) is 11.8 Å². The maximum absolute atomic E-state index is 12.5. The monoisotopic (exact) mass is 313 g/mol. The Kier molecular flexibility index (Phi) is 4.66. The highest BCUT2D eigenvalue weighted by Crippen LogP contribution is 2.21. The van der Waals surface area contributed by atoms with Crippen molar-refractivity contribution in [3.63, 3.8) is 0 Å². The summed E-state index contributed by atoms with van der Waals surface area (Å²) < 4.78 is 26.4. The number of nitriles is 1. The zero-order chi connectivity index (χ0) is 14.8. The Labute approximate surface area is 124 Å². The lowest BCUT2D eigenvalue weighted by molar-refractivity contribution is 0.169. The van der Waals surface area contributed by atoms with Gasteiger partial charge in [0.1, 0.15) is 0 Å². The molecule has 1 aromatic rings. The third-order valence-corrected chi connectivity index (χ3v) is 5.57. The van der Waals surface area contributed by atoms with E-state index < -0.39 is 10.0 Å². The minimum absolute atomic E-state index is 0.189. The van der Waals surface area contributed by atoms with Gasteiger partial charge in [0, 0.05) is 31.2 Å². The van der Waals surface area contributed by atoms with Crippen LogP contribution in [0.25, 0.3) is 0 Å². The van der Waals surface area contributed by atoms with Crippen molar-refractivity contribution in [3.05, 3.63) is 29.3 Å². The molecule has 0 radical (unpaired) electrons. The molecule has 108 valence electrons. The third kappa shape index (κ3) is 3.13. The maximum Gasteiger partial charge on any atom is 0.243 e. The van der Waals surface area contributed by atoms with Gasteiger partial charge in [-0.1, -0.05) is 17.7 Å². The van der Waals surface area contributed by atoms with E-state index in [-0.39, 0.29) is 10.9 Å². The highest BCUT2D eigenvalue weighted by Gasteiger charge is 2.29. The zero-order valence-corrected chi connectivity index (χ0v) is 12.7. The number of hydrogen-bond donors (Lipinski definition) is 0. The van der Waals surface area contributed by atoms with Crippen LogP contribution in [-0.4, -0.2) is 49.8 Å². The smallest absolute Gasteiger partial charge is 0.243 e. The summed E-state index contributed by atoms with van der Waals surface area (Å²) in [6.45, 7) is 3.73. The summed E-state index contributed by atoms with van der Waals surface area (Å²) in [5, 5.41) is 9.29. The summed E-state index contributed by atoms with van der Waals surface area (Å²) in [5.41, 5.74) is 0. The first kappa shape index (κ1) is 15.3. The zero-order valence-electron chi connectivity index (χ0n) is 11.2. The molecular weight excluding hydrogens is 298 g/mol. The van der Waals surface area contributed by atoms with E-state index in [1.165, 1.54) is 10.4 Å². The fraction of sp³-hybridized carbons (Fsp3) is 0.462. The number of piperazine rings is 1. The van der Waals surface area contributed by atoms with Crippen molar-refractivity contribution in [1.29, 1.82) is 5.26 Å². The van der Waals surface area contributed by atoms with Crippen LogP contribution in [0.15, 0.2) is 29.2 Å². The minimum Gasteiger partial charge on any atom is -0.286 e. The van der Waals surface area contributed by atoms with Gasteiger partial charge in [-0.15, -0.1) is 0 Å². The molecule has 1 fully saturated rings. The maximum atomic E-state index is 12.5. The van der Waals surface area contributed by atoms with Crippen LogP contribution in [0.4, 0.5) is 0 Å². The molecule has 2 rings (SSSR count). The molecule has 0 aliphatic carbocycles. The summed E-state index contributed by atoms with van der Waals surface area (Å²) in [6, 6.07) is 8.26. The Morgan fingerprint density at radius 2 is 1.95 bits per heavy atom. The first-order chi connectivity index (χ1) is 9.45. The summed E-state index contributed by atoms with van der Waals surface area (Å²) >= 11 is 5.85. The molecule has 1 aromatic carbocycles. The largest absolute Gasteiger partial charge is 0.286 e. The average Bonchev–Trinajstić information content (AvgIpc) is 2.46. The van der Waals surface area contributed by atoms with Gasteiger partial charge < -0.3 is 0 Å². The van der Waals surface area contributed by atoms with Crippen molar-refractivity contribution in [1.82, 2.24) is 9.21 Å². The van der Waals surface area contributed by atoms with Gasteiger partial charge in [0.25, 0.3) is 0 Å². The lowest BCUT2D eigenvalue weighted by atomic mass is 10.2. The summed E-state index contributed by atoms with van der Waals surface area (Å²) in [7, 11) is -3.50. The van der Waals surface area contributed by atoms with Crippen LogP contribution in [0.5, 0.6) is 0 Å². The van der Waals surface area contributed by atoms with Gasteiger partial charge >= 0.3 is 0 Å². The molecule has 0 spiro atoms. The van der Waals surface area contributed by atoms with E-state index >= 15 is 0 Å². The molecule has 0 N–H and O–H groups in total. The van der Waals surface area contributed by atoms with Crippen LogP contribution in [0.2, 0.25) is 5.02 Å². The highest BCUT2D eigenvalue weighted by atomic mass is 35.5. The molecule has 0 aromatic heterocycles. The van der Waals surface area contributed by atoms with Crippen molar-refractivity contribution in [2.75, 3.05) is 26.2 Å². The standard InChI is InChI=1S/C13H16ClN3O2S/c1-11(10-15)16-5-7-17(8-6-16)20(18,19)13-4-2-3-12(14)9-13/h2-4,9,11H,5-8H2,1H3/t11-/m0/s1. The van der Waals surface area contributed by atoms with Crippen molar-refractivity contribution in [3.8, 4) is 6.07 Å². The van der Waals surface area contributed by atoms with Crippen LogP contribution in [0, 0.1) is 11.3 Å². The van der Waals surface area contributed by atoms with Crippen molar-refractivity contribution in [2.45, 2.75) is 17.9 Å². The summed E-state index contributed by atoms with van der Waals surface area (Å²) in [4.78, 5) is 2.19. The Morgan fingerprint density at radius 1 is 1.30 bits per heavy atom. The molecule has 5 nitrogen and oxygen atoms in total. The topological polar surface area (TPSA) is 64.4 Å². The number of nitrogens with zero attached hydrogens (tertiary/aromatic N) is 3. The average molecular weight is 314 g/mol. The Morgan fingerprint density at radius 3 is 2.50 bits per heavy atom. The molecular formula is C13H16ClN3O2S. The van der Waals surface area contributed by atoms with Gasteiger partial charge in [-0.05, 0) is 25.1 Å². The van der Waals surface area contributed by atoms with Crippen molar-refractivity contribution < 1.29 is 8.42 Å². The molecule has 0 unspecified atom stereocenters. The Balaban J connectivity index is 2.12. The number of benzene rings is 1. The van der Waals surface area contributed by atoms with Gasteiger partial charge in [-0.25, -0.2) is 8.42 Å². The molecule has 20 heavy (non-hydrogen) atoms. The molecule has 1 aliphatic rings. The third-order valence-electron chi connectivity index (χ3n) is 3.44. The number of sulfonamides is 1. The Hall–Kier alpha value is -1.13. The van der Waals surface area contributed by atoms with Crippen LogP contribution in [0.3, 0.4) is 0 Å². The fourth-order valence-corrected chi connectivity index (χ4v) is 3.91. The van der Waals surface area contributed by atoms with Crippen LogP contribution in [-0.2, 0) is 10.0 Å². The number of hydrogen-bond acceptors (Lipinski definition) is 4. The second-order valence-electron chi connectivity index (χ2n) is 4.70. The molecule has 1 aliphatic heterocycles. The number of rotatable bonds is 3. The second-order valence-corrected chi connectivity index (χ2v) is 7.08. The predicted molar refractivity (Wildman–Crippen MR) is 76.9 cm³/mol. The van der Waals surface area contributed by atoms with Gasteiger partial charge in [0.15, 0.2) is 0 Å². The molecule has 1 heterocycles. The Bertz CT molecular complexity index is 619. The number of halogens is 1. The van der Waals surface area contributed by atoms with Crippen LogP contribution >= 0.6 is 11.6 Å². The molecule has 0 saturated carbocycles. The van der Waals surface area contributed by atoms with E-state index in [4.69, 9.17) is 16.9 Å². The van der Waals surface area contributed by atoms with Gasteiger partial charge in [0.2, 0.25) is 10.0 Å². The second kappa shape index (κ2) is 6.10. The SMILES string of the molecule is C[C@@H](C#N)N1CCN(S(=O)(=O)c2cccc(Cl)c2)CC1. The van der Waals surface area contributed by atoms with Crippen molar-refractivity contribution in [2.24, 2.45) is 0 Å². The molecule has 1 saturated heterocycles. The summed E-state index contributed by atoms with van der Waals surface area (Å²) in [5.74, 6) is 0. The van der Waals surface area contributed by atoms with Gasteiger partial charge in [-0.3, -0.25) is 4.90 Å². The van der Waals surface area contributed by atoms with Crippen LogP contribution < -0.4 is 0 Å². The van der Waals surface area contributed by atoms with Gasteiger partial charge in [0.05, 0.1) is 17.0 Å². The fourth-order valence-electron chi connectivity index (χ4n) is 2.19. The van der Waals surface area contributed by atoms with E-state index in [1.54, 1.807) is 18.2 Å². The molecule has 1 atom stereocenters. The van der Waals surface area contributed by atoms with Crippen LogP contribution in [0.1, 0.15) is 6.92 Å². The quantitative estimate of drug-likeness (QED) is 0.849. The van der Waals surface area contributed by atoms with E-state index in [0.717, 1.165) is 0 Å². The lowest BCUT2D eigenvalue weighted by Crippen LogP contribution is -2.50. The van der Waals surface area contributed by atoms with Crippen molar-refractivity contribution >= 4 is 21.6 Å². The molecule has 0 bridgehead atoms. The van der Waals surface area contributed by atoms with E-state index in [0.29, 0.717) is 31.2 Å². The first-order valence-corrected chi connectivity index (χ1v) is 8.16. The van der Waals surface area contributed by atoms with Gasteiger partial charge in [-0.2, -0.15) is 9.57 Å². The molecule has 0 amide bonds. The van der Waals surface area contributed by atoms with E-state index in [9.17, 15) is 8.42 Å². The highest BCUT2D eigenvalue weighted by molar-refractivity contribution is 7.89. The molecule has 7 heteroatoms. The lowest BCUT2D eigenvalue weighted by Gasteiger charge is -2.35. The normalized spacial score (nSPS) is 19.4. The predicted octanol–water partition coefficient (Wildman–Crippen LogP) is 1.56. The minimum atomic E-state index is -3.50. The first-order valence-electron chi connectivity index (χ1n) is 6.34. The summed E-state index contributed by atoms with van der Waals surface area (Å²) in [6.07, 6.45) is 0. The van der Waals surface area contributed by atoms with E-state index in [2.05, 4.69) is 6.07 Å².